The van der Waals surface area contributed by atoms with Gasteiger partial charge in [0.15, 0.2) is 0 Å². The summed E-state index contributed by atoms with van der Waals surface area (Å²) < 4.78 is 0. The number of carbonyl (C=O) groups is 3. The van der Waals surface area contributed by atoms with Gasteiger partial charge >= 0.3 is 17.9 Å². The number of rotatable bonds is 13. The molecular weight excluding hydrogens is 416 g/mol. The Balaban J connectivity index is 2.77. The van der Waals surface area contributed by atoms with Gasteiger partial charge in [0.25, 0.3) is 0 Å². The van der Waals surface area contributed by atoms with E-state index < -0.39 is 17.9 Å². The molecular formula is C22H42N4O6. The molecule has 0 aromatic rings. The van der Waals surface area contributed by atoms with Crippen LogP contribution in [0.3, 0.4) is 0 Å². The maximum atomic E-state index is 11.3. The van der Waals surface area contributed by atoms with Crippen LogP contribution in [0.25, 0.3) is 0 Å². The number of unbranched alkanes of at least 4 members (excludes halogenated alkanes) is 5. The zero-order valence-corrected chi connectivity index (χ0v) is 19.6. The molecule has 1 rings (SSSR count). The van der Waals surface area contributed by atoms with Crippen molar-refractivity contribution in [3.8, 4) is 0 Å². The SMILES string of the molecule is CCCCCCCCN1CCN(CC(=O)O)CCN(CC(=O)O)CCN(CC(=O)O)CC1. The third-order valence-electron chi connectivity index (χ3n) is 5.83. The Labute approximate surface area is 191 Å². The molecule has 0 aliphatic carbocycles. The summed E-state index contributed by atoms with van der Waals surface area (Å²) in [5.74, 6) is -2.73. The monoisotopic (exact) mass is 458 g/mol. The van der Waals surface area contributed by atoms with Crippen LogP contribution in [0, 0.1) is 0 Å². The van der Waals surface area contributed by atoms with E-state index in [0.29, 0.717) is 52.4 Å². The minimum absolute atomic E-state index is 0.0725. The summed E-state index contributed by atoms with van der Waals surface area (Å²) in [5.41, 5.74) is 0. The van der Waals surface area contributed by atoms with Crippen LogP contribution >= 0.6 is 0 Å². The fraction of sp³-hybridized carbons (Fsp3) is 0.864. The molecule has 1 aliphatic rings. The van der Waals surface area contributed by atoms with Gasteiger partial charge in [0.2, 0.25) is 0 Å². The standard InChI is InChI=1S/C22H42N4O6/c1-2-3-4-5-6-7-8-23-9-11-24(17-20(27)28)13-15-26(19-22(31)32)16-14-25(12-10-23)18-21(29)30/h2-19H2,1H3,(H,27,28)(H,29,30)(H,31,32). The first-order valence-electron chi connectivity index (χ1n) is 11.8. The molecule has 10 nitrogen and oxygen atoms in total. The number of carboxylic acid groups (broad SMARTS) is 3. The second-order valence-corrected chi connectivity index (χ2v) is 8.62. The van der Waals surface area contributed by atoms with Crippen molar-refractivity contribution in [2.24, 2.45) is 0 Å². The van der Waals surface area contributed by atoms with Gasteiger partial charge in [-0.25, -0.2) is 0 Å². The van der Waals surface area contributed by atoms with Crippen molar-refractivity contribution >= 4 is 17.9 Å². The Kier molecular flexibility index (Phi) is 14.9. The van der Waals surface area contributed by atoms with Gasteiger partial charge in [0.1, 0.15) is 0 Å². The van der Waals surface area contributed by atoms with Gasteiger partial charge in [0, 0.05) is 52.4 Å². The molecule has 1 heterocycles. The highest BCUT2D eigenvalue weighted by Gasteiger charge is 2.19. The average molecular weight is 459 g/mol. The summed E-state index contributed by atoms with van der Waals surface area (Å²) in [4.78, 5) is 41.6. The Hall–Kier alpha value is -1.75. The second kappa shape index (κ2) is 16.8. The average Bonchev–Trinajstić information content (AvgIpc) is 2.70. The lowest BCUT2D eigenvalue weighted by Crippen LogP contribution is -2.48. The predicted octanol–water partition coefficient (Wildman–Crippen LogP) is 0.822. The van der Waals surface area contributed by atoms with Crippen LogP contribution in [-0.4, -0.2) is 131 Å². The molecule has 0 amide bonds. The normalized spacial score (nSPS) is 18.7. The van der Waals surface area contributed by atoms with Crippen molar-refractivity contribution in [2.75, 3.05) is 78.5 Å². The number of carboxylic acids is 3. The largest absolute Gasteiger partial charge is 0.480 e. The van der Waals surface area contributed by atoms with E-state index in [1.807, 2.05) is 9.80 Å². The lowest BCUT2D eigenvalue weighted by Gasteiger charge is -2.33. The summed E-state index contributed by atoms with van der Waals surface area (Å²) in [6.07, 6.45) is 7.19. The number of nitrogens with zero attached hydrogens (tertiary/aromatic N) is 4. The quantitative estimate of drug-likeness (QED) is 0.342. The topological polar surface area (TPSA) is 125 Å². The fourth-order valence-electron chi connectivity index (χ4n) is 3.97. The summed E-state index contributed by atoms with van der Waals surface area (Å²) in [7, 11) is 0. The minimum atomic E-state index is -0.947. The Morgan fingerprint density at radius 1 is 0.531 bits per heavy atom. The second-order valence-electron chi connectivity index (χ2n) is 8.62. The molecule has 10 heteroatoms. The van der Waals surface area contributed by atoms with Crippen LogP contribution in [0.4, 0.5) is 0 Å². The van der Waals surface area contributed by atoms with E-state index in [0.717, 1.165) is 13.0 Å². The molecule has 186 valence electrons. The van der Waals surface area contributed by atoms with E-state index >= 15 is 0 Å². The number of hydrogen-bond acceptors (Lipinski definition) is 7. The van der Waals surface area contributed by atoms with Gasteiger partial charge in [-0.15, -0.1) is 0 Å². The van der Waals surface area contributed by atoms with E-state index in [4.69, 9.17) is 0 Å². The van der Waals surface area contributed by atoms with E-state index in [1.165, 1.54) is 32.1 Å². The highest BCUT2D eigenvalue weighted by molar-refractivity contribution is 5.69. The van der Waals surface area contributed by atoms with Crippen molar-refractivity contribution < 1.29 is 29.7 Å². The van der Waals surface area contributed by atoms with Crippen LogP contribution < -0.4 is 0 Å². The Morgan fingerprint density at radius 2 is 0.844 bits per heavy atom. The molecule has 0 aromatic carbocycles. The van der Waals surface area contributed by atoms with E-state index in [9.17, 15) is 29.7 Å². The van der Waals surface area contributed by atoms with Crippen LogP contribution in [0.15, 0.2) is 0 Å². The zero-order chi connectivity index (χ0) is 23.8. The third kappa shape index (κ3) is 14.3. The van der Waals surface area contributed by atoms with Crippen LogP contribution in [0.2, 0.25) is 0 Å². The first-order valence-corrected chi connectivity index (χ1v) is 11.8. The highest BCUT2D eigenvalue weighted by Crippen LogP contribution is 2.07. The Bertz CT molecular complexity index is 531. The molecule has 0 saturated carbocycles. The molecule has 1 saturated heterocycles. The zero-order valence-electron chi connectivity index (χ0n) is 19.6. The maximum absolute atomic E-state index is 11.3. The van der Waals surface area contributed by atoms with Gasteiger partial charge in [0.05, 0.1) is 19.6 Å². The molecule has 0 aromatic heterocycles. The first-order chi connectivity index (χ1) is 15.3. The summed E-state index contributed by atoms with van der Waals surface area (Å²) in [6.45, 7) is 7.19. The maximum Gasteiger partial charge on any atom is 0.317 e. The number of hydrogen-bond donors (Lipinski definition) is 3. The number of aliphatic carboxylic acids is 3. The van der Waals surface area contributed by atoms with Crippen molar-refractivity contribution in [1.82, 2.24) is 19.6 Å². The highest BCUT2D eigenvalue weighted by atomic mass is 16.4. The van der Waals surface area contributed by atoms with Crippen LogP contribution in [0.5, 0.6) is 0 Å². The van der Waals surface area contributed by atoms with Gasteiger partial charge in [-0.05, 0) is 13.0 Å². The summed E-state index contributed by atoms with van der Waals surface area (Å²) in [5, 5.41) is 27.7. The smallest absolute Gasteiger partial charge is 0.317 e. The van der Waals surface area contributed by atoms with E-state index in [1.54, 1.807) is 4.90 Å². The van der Waals surface area contributed by atoms with E-state index in [2.05, 4.69) is 11.8 Å². The third-order valence-corrected chi connectivity index (χ3v) is 5.83. The van der Waals surface area contributed by atoms with Gasteiger partial charge in [-0.3, -0.25) is 29.1 Å². The molecule has 0 spiro atoms. The summed E-state index contributed by atoms with van der Waals surface area (Å²) in [6, 6.07) is 0. The first kappa shape index (κ1) is 28.3. The van der Waals surface area contributed by atoms with Crippen LogP contribution in [0.1, 0.15) is 45.4 Å². The van der Waals surface area contributed by atoms with Crippen molar-refractivity contribution in [1.29, 1.82) is 0 Å². The van der Waals surface area contributed by atoms with Crippen molar-refractivity contribution in [2.45, 2.75) is 45.4 Å². The van der Waals surface area contributed by atoms with E-state index in [-0.39, 0.29) is 19.6 Å². The molecule has 32 heavy (non-hydrogen) atoms. The molecule has 0 radical (unpaired) electrons. The predicted molar refractivity (Wildman–Crippen MR) is 122 cm³/mol. The molecule has 0 bridgehead atoms. The lowest BCUT2D eigenvalue weighted by molar-refractivity contribution is -0.140. The lowest BCUT2D eigenvalue weighted by atomic mass is 10.1. The molecule has 0 atom stereocenters. The molecule has 0 unspecified atom stereocenters. The Morgan fingerprint density at radius 3 is 1.19 bits per heavy atom. The minimum Gasteiger partial charge on any atom is -0.480 e. The fourth-order valence-corrected chi connectivity index (χ4v) is 3.97. The van der Waals surface area contributed by atoms with Crippen LogP contribution in [-0.2, 0) is 14.4 Å². The van der Waals surface area contributed by atoms with Crippen molar-refractivity contribution in [3.63, 3.8) is 0 Å². The summed E-state index contributed by atoms with van der Waals surface area (Å²) >= 11 is 0. The van der Waals surface area contributed by atoms with Gasteiger partial charge in [-0.2, -0.15) is 0 Å². The molecule has 3 N–H and O–H groups in total. The van der Waals surface area contributed by atoms with Crippen molar-refractivity contribution in [3.05, 3.63) is 0 Å². The van der Waals surface area contributed by atoms with Gasteiger partial charge < -0.3 is 20.2 Å². The molecule has 1 aliphatic heterocycles. The molecule has 1 fully saturated rings. The van der Waals surface area contributed by atoms with Gasteiger partial charge in [-0.1, -0.05) is 39.0 Å².